The summed E-state index contributed by atoms with van der Waals surface area (Å²) in [4.78, 5) is 15.1. The molecule has 0 aliphatic rings. The van der Waals surface area contributed by atoms with E-state index >= 15 is 0 Å². The highest BCUT2D eigenvalue weighted by molar-refractivity contribution is 6.31. The van der Waals surface area contributed by atoms with Gasteiger partial charge in [-0.15, -0.1) is 12.4 Å². The summed E-state index contributed by atoms with van der Waals surface area (Å²) >= 11 is 6.15. The molecule has 2 aromatic carbocycles. The van der Waals surface area contributed by atoms with Gasteiger partial charge in [0.15, 0.2) is 0 Å². The van der Waals surface area contributed by atoms with Crippen LogP contribution < -0.4 is 5.69 Å². The zero-order valence-electron chi connectivity index (χ0n) is 14.3. The van der Waals surface area contributed by atoms with Gasteiger partial charge in [0, 0.05) is 11.6 Å². The first-order valence-corrected chi connectivity index (χ1v) is 8.06. The molecule has 3 aromatic rings. The lowest BCUT2D eigenvalue weighted by Gasteiger charge is -2.09. The van der Waals surface area contributed by atoms with E-state index in [0.29, 0.717) is 11.6 Å². The summed E-state index contributed by atoms with van der Waals surface area (Å²) in [5.41, 5.74) is 2.60. The summed E-state index contributed by atoms with van der Waals surface area (Å²) in [6, 6.07) is 15.3. The number of nitrogens with zero attached hydrogens (tertiary/aromatic N) is 3. The van der Waals surface area contributed by atoms with E-state index in [1.165, 1.54) is 0 Å². The minimum Gasteiger partial charge on any atom is -0.412 e. The number of hydrogen-bond donors (Lipinski definition) is 0. The molecule has 0 aliphatic carbocycles. The third-order valence-corrected chi connectivity index (χ3v) is 4.13. The Labute approximate surface area is 158 Å². The maximum absolute atomic E-state index is 12.9. The van der Waals surface area contributed by atoms with Crippen molar-refractivity contribution < 1.29 is 5.48 Å². The van der Waals surface area contributed by atoms with Crippen molar-refractivity contribution in [2.75, 3.05) is 20.6 Å². The summed E-state index contributed by atoms with van der Waals surface area (Å²) in [6.45, 7) is 1.63. The van der Waals surface area contributed by atoms with Crippen molar-refractivity contribution in [2.24, 2.45) is 0 Å². The Bertz CT molecular complexity index is 873. The molecule has 25 heavy (non-hydrogen) atoms. The first-order valence-electron chi connectivity index (χ1n) is 7.69. The van der Waals surface area contributed by atoms with Crippen LogP contribution in [0.3, 0.4) is 0 Å². The van der Waals surface area contributed by atoms with Gasteiger partial charge in [-0.25, -0.2) is 4.79 Å². The highest BCUT2D eigenvalue weighted by Crippen LogP contribution is 2.21. The molecular formula is C18H23Cl2N3O2. The molecule has 1 aromatic heterocycles. The van der Waals surface area contributed by atoms with Gasteiger partial charge in [-0.05, 0) is 57.4 Å². The quantitative estimate of drug-likeness (QED) is 0.679. The Hall–Kier alpha value is -1.79. The standard InChI is InChI=1S/C18H20ClN3O.ClH.H2O/c1-20(2)11-6-12-21-16-10-9-14(19)13-17(16)22(18(21)23)15-7-4-3-5-8-15;;/h3-5,7-10,13H,6,11-12H2,1-2H3;1H;1H2. The number of para-hydroxylation sites is 1. The van der Waals surface area contributed by atoms with E-state index < -0.39 is 0 Å². The molecule has 0 saturated carbocycles. The fraction of sp³-hybridized carbons (Fsp3) is 0.278. The van der Waals surface area contributed by atoms with E-state index in [4.69, 9.17) is 11.6 Å². The van der Waals surface area contributed by atoms with Gasteiger partial charge in [-0.2, -0.15) is 0 Å². The Morgan fingerprint density at radius 3 is 2.36 bits per heavy atom. The number of hydrogen-bond acceptors (Lipinski definition) is 2. The Kier molecular flexibility index (Phi) is 7.70. The highest BCUT2D eigenvalue weighted by atomic mass is 35.5. The molecule has 2 N–H and O–H groups in total. The van der Waals surface area contributed by atoms with Crippen LogP contribution in [0, 0.1) is 0 Å². The van der Waals surface area contributed by atoms with Crippen LogP contribution in [0.2, 0.25) is 5.02 Å². The molecule has 0 spiro atoms. The number of halogens is 2. The summed E-state index contributed by atoms with van der Waals surface area (Å²) in [5.74, 6) is 0. The van der Waals surface area contributed by atoms with Crippen molar-refractivity contribution in [2.45, 2.75) is 13.0 Å². The second-order valence-corrected chi connectivity index (χ2v) is 6.33. The topological polar surface area (TPSA) is 61.7 Å². The number of fused-ring (bicyclic) bond motifs is 1. The number of aromatic nitrogens is 2. The van der Waals surface area contributed by atoms with Gasteiger partial charge >= 0.3 is 5.69 Å². The minimum absolute atomic E-state index is 0. The van der Waals surface area contributed by atoms with E-state index in [2.05, 4.69) is 4.90 Å². The zero-order chi connectivity index (χ0) is 16.4. The molecule has 0 unspecified atom stereocenters. The Morgan fingerprint density at radius 2 is 1.72 bits per heavy atom. The molecule has 3 rings (SSSR count). The molecule has 7 heteroatoms. The van der Waals surface area contributed by atoms with Crippen LogP contribution in [0.4, 0.5) is 0 Å². The highest BCUT2D eigenvalue weighted by Gasteiger charge is 2.14. The third-order valence-electron chi connectivity index (χ3n) is 3.89. The maximum Gasteiger partial charge on any atom is 0.333 e. The lowest BCUT2D eigenvalue weighted by molar-refractivity contribution is 0.386. The maximum atomic E-state index is 12.9. The Balaban J connectivity index is 0.00000156. The Morgan fingerprint density at radius 1 is 1.04 bits per heavy atom. The van der Waals surface area contributed by atoms with Gasteiger partial charge in [0.1, 0.15) is 0 Å². The second-order valence-electron chi connectivity index (χ2n) is 5.90. The number of rotatable bonds is 5. The third kappa shape index (κ3) is 4.44. The van der Waals surface area contributed by atoms with E-state index in [-0.39, 0.29) is 23.6 Å². The number of aryl methyl sites for hydroxylation is 1. The van der Waals surface area contributed by atoms with Gasteiger partial charge in [-0.3, -0.25) is 9.13 Å². The van der Waals surface area contributed by atoms with Crippen molar-refractivity contribution in [3.8, 4) is 5.69 Å². The molecule has 0 saturated heterocycles. The summed E-state index contributed by atoms with van der Waals surface area (Å²) < 4.78 is 3.57. The molecule has 136 valence electrons. The molecule has 1 heterocycles. The van der Waals surface area contributed by atoms with Crippen LogP contribution >= 0.6 is 24.0 Å². The molecular weight excluding hydrogens is 361 g/mol. The number of benzene rings is 2. The largest absolute Gasteiger partial charge is 0.412 e. The van der Waals surface area contributed by atoms with Crippen molar-refractivity contribution in [1.29, 1.82) is 0 Å². The molecule has 0 radical (unpaired) electrons. The first-order chi connectivity index (χ1) is 11.1. The average molecular weight is 384 g/mol. The van der Waals surface area contributed by atoms with Crippen LogP contribution in [-0.2, 0) is 6.54 Å². The molecule has 0 bridgehead atoms. The summed E-state index contributed by atoms with van der Waals surface area (Å²) in [7, 11) is 4.07. The van der Waals surface area contributed by atoms with Crippen LogP contribution in [0.15, 0.2) is 53.3 Å². The average Bonchev–Trinajstić information content (AvgIpc) is 2.79. The van der Waals surface area contributed by atoms with E-state index in [1.54, 1.807) is 4.57 Å². The van der Waals surface area contributed by atoms with Crippen molar-refractivity contribution in [3.63, 3.8) is 0 Å². The monoisotopic (exact) mass is 383 g/mol. The molecule has 0 aliphatic heterocycles. The van der Waals surface area contributed by atoms with Crippen LogP contribution in [0.1, 0.15) is 6.42 Å². The van der Waals surface area contributed by atoms with Crippen LogP contribution in [0.5, 0.6) is 0 Å². The lowest BCUT2D eigenvalue weighted by atomic mass is 10.2. The number of imidazole rings is 1. The van der Waals surface area contributed by atoms with Gasteiger partial charge in [-0.1, -0.05) is 29.8 Å². The second kappa shape index (κ2) is 9.06. The zero-order valence-corrected chi connectivity index (χ0v) is 15.8. The summed E-state index contributed by atoms with van der Waals surface area (Å²) in [5, 5.41) is 0.632. The first kappa shape index (κ1) is 21.3. The van der Waals surface area contributed by atoms with Crippen molar-refractivity contribution >= 4 is 35.0 Å². The molecule has 0 atom stereocenters. The van der Waals surface area contributed by atoms with Gasteiger partial charge in [0.05, 0.1) is 16.7 Å². The normalized spacial score (nSPS) is 10.6. The fourth-order valence-corrected chi connectivity index (χ4v) is 2.98. The van der Waals surface area contributed by atoms with Gasteiger partial charge < -0.3 is 10.4 Å². The molecule has 0 fully saturated rings. The lowest BCUT2D eigenvalue weighted by Crippen LogP contribution is -2.25. The van der Waals surface area contributed by atoms with Crippen molar-refractivity contribution in [3.05, 3.63) is 64.0 Å². The fourth-order valence-electron chi connectivity index (χ4n) is 2.82. The molecule has 5 nitrogen and oxygen atoms in total. The van der Waals surface area contributed by atoms with E-state index in [0.717, 1.165) is 29.7 Å². The SMILES string of the molecule is CN(C)CCCn1c(=O)n(-c2ccccc2)c2cc(Cl)ccc21.Cl.O. The van der Waals surface area contributed by atoms with Crippen LogP contribution in [0.25, 0.3) is 16.7 Å². The van der Waals surface area contributed by atoms with E-state index in [1.807, 2.05) is 67.2 Å². The van der Waals surface area contributed by atoms with Crippen LogP contribution in [-0.4, -0.2) is 40.2 Å². The van der Waals surface area contributed by atoms with Gasteiger partial charge in [0.2, 0.25) is 0 Å². The predicted molar refractivity (Wildman–Crippen MR) is 107 cm³/mol. The van der Waals surface area contributed by atoms with Gasteiger partial charge in [0.25, 0.3) is 0 Å². The van der Waals surface area contributed by atoms with Crippen molar-refractivity contribution in [1.82, 2.24) is 14.0 Å². The predicted octanol–water partition coefficient (Wildman–Crippen LogP) is 2.99. The molecule has 0 amide bonds. The smallest absolute Gasteiger partial charge is 0.333 e. The van der Waals surface area contributed by atoms with E-state index in [9.17, 15) is 4.79 Å². The summed E-state index contributed by atoms with van der Waals surface area (Å²) in [6.07, 6.45) is 0.920. The minimum atomic E-state index is -0.0211.